The van der Waals surface area contributed by atoms with Crippen LogP contribution < -0.4 is 15.5 Å². The van der Waals surface area contributed by atoms with E-state index in [4.69, 9.17) is 5.11 Å². The summed E-state index contributed by atoms with van der Waals surface area (Å²) in [5, 5.41) is 14.1. The van der Waals surface area contributed by atoms with Crippen molar-refractivity contribution in [1.82, 2.24) is 5.32 Å². The third kappa shape index (κ3) is 2.96. The van der Waals surface area contributed by atoms with E-state index < -0.39 is 17.5 Å². The van der Waals surface area contributed by atoms with E-state index in [2.05, 4.69) is 10.6 Å². The average Bonchev–Trinajstić information content (AvgIpc) is 3.10. The Balaban J connectivity index is 1.99. The van der Waals surface area contributed by atoms with Crippen LogP contribution in [0.15, 0.2) is 24.3 Å². The van der Waals surface area contributed by atoms with Gasteiger partial charge in [0, 0.05) is 25.5 Å². The molecule has 2 amide bonds. The first-order valence-electron chi connectivity index (χ1n) is 6.03. The molecule has 0 spiro atoms. The van der Waals surface area contributed by atoms with Crippen molar-refractivity contribution >= 4 is 23.4 Å². The number of hydrogen-bond donors (Lipinski definition) is 3. The second kappa shape index (κ2) is 4.79. The molecule has 0 saturated heterocycles. The van der Waals surface area contributed by atoms with Crippen molar-refractivity contribution < 1.29 is 14.7 Å². The first-order valence-corrected chi connectivity index (χ1v) is 6.03. The summed E-state index contributed by atoms with van der Waals surface area (Å²) < 4.78 is 0. The van der Waals surface area contributed by atoms with Crippen LogP contribution >= 0.6 is 0 Å². The van der Waals surface area contributed by atoms with Crippen LogP contribution in [-0.2, 0) is 4.79 Å². The van der Waals surface area contributed by atoms with Crippen molar-refractivity contribution in [2.75, 3.05) is 24.3 Å². The number of anilines is 2. The largest absolute Gasteiger partial charge is 0.480 e. The second-order valence-electron chi connectivity index (χ2n) is 4.91. The predicted molar refractivity (Wildman–Crippen MR) is 72.5 cm³/mol. The number of nitrogens with one attached hydrogen (secondary N) is 2. The topological polar surface area (TPSA) is 81.7 Å². The summed E-state index contributed by atoms with van der Waals surface area (Å²) in [6, 6.07) is 6.83. The quantitative estimate of drug-likeness (QED) is 0.768. The molecule has 0 aliphatic heterocycles. The number of carbonyl (C=O) groups excluding carboxylic acids is 1. The lowest BCUT2D eigenvalue weighted by atomic mass is 10.2. The number of nitrogens with zero attached hydrogens (tertiary/aromatic N) is 1. The van der Waals surface area contributed by atoms with E-state index in [1.54, 1.807) is 6.07 Å². The number of benzene rings is 1. The standard InChI is InChI=1S/C13H17N3O3/c1-16(2)10-5-3-4-9(8-10)14-12(19)15-13(6-7-13)11(17)18/h3-5,8H,6-7H2,1-2H3,(H,17,18)(H2,14,15,19). The van der Waals surface area contributed by atoms with E-state index >= 15 is 0 Å². The van der Waals surface area contributed by atoms with Gasteiger partial charge in [-0.05, 0) is 31.0 Å². The summed E-state index contributed by atoms with van der Waals surface area (Å²) in [6.45, 7) is 0. The maximum Gasteiger partial charge on any atom is 0.329 e. The first kappa shape index (κ1) is 13.2. The van der Waals surface area contributed by atoms with Gasteiger partial charge in [0.25, 0.3) is 0 Å². The van der Waals surface area contributed by atoms with Crippen molar-refractivity contribution in [3.8, 4) is 0 Å². The Morgan fingerprint density at radius 1 is 1.32 bits per heavy atom. The Morgan fingerprint density at radius 3 is 2.53 bits per heavy atom. The van der Waals surface area contributed by atoms with Crippen molar-refractivity contribution in [2.45, 2.75) is 18.4 Å². The SMILES string of the molecule is CN(C)c1cccc(NC(=O)NC2(C(=O)O)CC2)c1. The van der Waals surface area contributed by atoms with Gasteiger partial charge >= 0.3 is 12.0 Å². The van der Waals surface area contributed by atoms with Crippen LogP contribution in [0.4, 0.5) is 16.2 Å². The Kier molecular flexibility index (Phi) is 3.33. The van der Waals surface area contributed by atoms with Crippen molar-refractivity contribution in [3.05, 3.63) is 24.3 Å². The minimum atomic E-state index is -1.07. The van der Waals surface area contributed by atoms with E-state index in [9.17, 15) is 9.59 Å². The monoisotopic (exact) mass is 263 g/mol. The molecular weight excluding hydrogens is 246 g/mol. The zero-order chi connectivity index (χ0) is 14.0. The summed E-state index contributed by atoms with van der Waals surface area (Å²) in [4.78, 5) is 24.6. The number of amides is 2. The highest BCUT2D eigenvalue weighted by Gasteiger charge is 2.51. The molecule has 102 valence electrons. The van der Waals surface area contributed by atoms with Gasteiger partial charge in [-0.25, -0.2) is 9.59 Å². The maximum absolute atomic E-state index is 11.8. The van der Waals surface area contributed by atoms with Gasteiger partial charge < -0.3 is 20.6 Å². The molecule has 1 aromatic rings. The molecule has 6 nitrogen and oxygen atoms in total. The molecule has 0 aromatic heterocycles. The smallest absolute Gasteiger partial charge is 0.329 e. The summed E-state index contributed by atoms with van der Waals surface area (Å²) in [5.41, 5.74) is 0.519. The van der Waals surface area contributed by atoms with Crippen LogP contribution in [0.2, 0.25) is 0 Å². The normalized spacial score (nSPS) is 15.5. The third-order valence-corrected chi connectivity index (χ3v) is 3.13. The van der Waals surface area contributed by atoms with Gasteiger partial charge in [-0.15, -0.1) is 0 Å². The second-order valence-corrected chi connectivity index (χ2v) is 4.91. The number of urea groups is 1. The molecule has 0 bridgehead atoms. The van der Waals surface area contributed by atoms with Gasteiger partial charge in [0.2, 0.25) is 0 Å². The Bertz CT molecular complexity index is 510. The number of aliphatic carboxylic acids is 1. The summed E-state index contributed by atoms with van der Waals surface area (Å²) in [5.74, 6) is -0.982. The fraction of sp³-hybridized carbons (Fsp3) is 0.385. The van der Waals surface area contributed by atoms with Gasteiger partial charge in [-0.2, -0.15) is 0 Å². The zero-order valence-electron chi connectivity index (χ0n) is 10.9. The fourth-order valence-electron chi connectivity index (χ4n) is 1.76. The molecule has 6 heteroatoms. The molecule has 1 fully saturated rings. The van der Waals surface area contributed by atoms with Crippen LogP contribution in [0.5, 0.6) is 0 Å². The molecule has 19 heavy (non-hydrogen) atoms. The Morgan fingerprint density at radius 2 is 2.00 bits per heavy atom. The van der Waals surface area contributed by atoms with Gasteiger partial charge in [0.05, 0.1) is 0 Å². The Hall–Kier alpha value is -2.24. The average molecular weight is 263 g/mol. The van der Waals surface area contributed by atoms with E-state index in [1.807, 2.05) is 37.2 Å². The fourth-order valence-corrected chi connectivity index (χ4v) is 1.76. The molecular formula is C13H17N3O3. The summed E-state index contributed by atoms with van der Waals surface area (Å²) in [6.07, 6.45) is 0.959. The number of carboxylic acid groups (broad SMARTS) is 1. The highest BCUT2D eigenvalue weighted by Crippen LogP contribution is 2.35. The van der Waals surface area contributed by atoms with Gasteiger partial charge in [-0.3, -0.25) is 0 Å². The van der Waals surface area contributed by atoms with Crippen molar-refractivity contribution in [3.63, 3.8) is 0 Å². The molecule has 2 rings (SSSR count). The molecule has 1 aliphatic rings. The highest BCUT2D eigenvalue weighted by atomic mass is 16.4. The summed E-state index contributed by atoms with van der Waals surface area (Å²) >= 11 is 0. The number of carbonyl (C=O) groups is 2. The highest BCUT2D eigenvalue weighted by molar-refractivity contribution is 5.95. The lowest BCUT2D eigenvalue weighted by Gasteiger charge is -2.16. The Labute approximate surface area is 111 Å². The van der Waals surface area contributed by atoms with Crippen molar-refractivity contribution in [2.24, 2.45) is 0 Å². The zero-order valence-corrected chi connectivity index (χ0v) is 10.9. The van der Waals surface area contributed by atoms with Gasteiger partial charge in [0.1, 0.15) is 5.54 Å². The lowest BCUT2D eigenvalue weighted by molar-refractivity contribution is -0.140. The molecule has 0 heterocycles. The van der Waals surface area contributed by atoms with E-state index in [-0.39, 0.29) is 0 Å². The minimum Gasteiger partial charge on any atom is -0.480 e. The van der Waals surface area contributed by atoms with E-state index in [0.29, 0.717) is 18.5 Å². The van der Waals surface area contributed by atoms with E-state index in [1.165, 1.54) is 0 Å². The first-order chi connectivity index (χ1) is 8.93. The molecule has 0 atom stereocenters. The predicted octanol–water partition coefficient (Wildman–Crippen LogP) is 1.49. The van der Waals surface area contributed by atoms with E-state index in [0.717, 1.165) is 5.69 Å². The number of hydrogen-bond acceptors (Lipinski definition) is 3. The summed E-state index contributed by atoms with van der Waals surface area (Å²) in [7, 11) is 3.81. The molecule has 1 saturated carbocycles. The van der Waals surface area contributed by atoms with Crippen molar-refractivity contribution in [1.29, 1.82) is 0 Å². The lowest BCUT2D eigenvalue weighted by Crippen LogP contribution is -2.45. The van der Waals surface area contributed by atoms with Gasteiger partial charge in [-0.1, -0.05) is 6.07 Å². The molecule has 0 unspecified atom stereocenters. The van der Waals surface area contributed by atoms with Crippen LogP contribution in [0, 0.1) is 0 Å². The van der Waals surface area contributed by atoms with Crippen LogP contribution in [0.1, 0.15) is 12.8 Å². The minimum absolute atomic E-state index is 0.480. The van der Waals surface area contributed by atoms with Crippen LogP contribution in [0.25, 0.3) is 0 Å². The van der Waals surface area contributed by atoms with Crippen LogP contribution in [0.3, 0.4) is 0 Å². The van der Waals surface area contributed by atoms with Crippen LogP contribution in [-0.4, -0.2) is 36.7 Å². The molecule has 3 N–H and O–H groups in total. The third-order valence-electron chi connectivity index (χ3n) is 3.13. The molecule has 1 aromatic carbocycles. The number of rotatable bonds is 4. The maximum atomic E-state index is 11.8. The molecule has 0 radical (unpaired) electrons. The van der Waals surface area contributed by atoms with Gasteiger partial charge in [0.15, 0.2) is 0 Å². The number of carboxylic acids is 1. The molecule has 1 aliphatic carbocycles.